The van der Waals surface area contributed by atoms with Gasteiger partial charge in [0.1, 0.15) is 18.1 Å². The summed E-state index contributed by atoms with van der Waals surface area (Å²) < 4.78 is 75.3. The molecule has 0 bridgehead atoms. The van der Waals surface area contributed by atoms with Crippen molar-refractivity contribution in [1.82, 2.24) is 5.32 Å². The lowest BCUT2D eigenvalue weighted by Gasteiger charge is -2.15. The highest BCUT2D eigenvalue weighted by atomic mass is 19.3. The Morgan fingerprint density at radius 1 is 1.09 bits per heavy atom. The first kappa shape index (κ1) is 26.1. The SMILES string of the molecule is COc1cc(CNC(=O)/C=C/c2ccc(OC(F)F)cc2OC(F)F)ccc1OCC1CCCO1. The highest BCUT2D eigenvalue weighted by Gasteiger charge is 2.17. The zero-order valence-corrected chi connectivity index (χ0v) is 18.8. The highest BCUT2D eigenvalue weighted by Crippen LogP contribution is 2.30. The van der Waals surface area contributed by atoms with Crippen LogP contribution in [0.5, 0.6) is 23.0 Å². The van der Waals surface area contributed by atoms with Crippen LogP contribution in [0.25, 0.3) is 6.08 Å². The molecule has 1 amide bonds. The van der Waals surface area contributed by atoms with E-state index in [1.165, 1.54) is 19.3 Å². The van der Waals surface area contributed by atoms with E-state index in [9.17, 15) is 22.4 Å². The van der Waals surface area contributed by atoms with Gasteiger partial charge in [-0.05, 0) is 48.7 Å². The van der Waals surface area contributed by atoms with Crippen LogP contribution in [0.15, 0.2) is 42.5 Å². The van der Waals surface area contributed by atoms with Gasteiger partial charge in [-0.25, -0.2) is 0 Å². The van der Waals surface area contributed by atoms with Crippen LogP contribution < -0.4 is 24.3 Å². The third-order valence-electron chi connectivity index (χ3n) is 4.98. The van der Waals surface area contributed by atoms with Crippen molar-refractivity contribution in [3.8, 4) is 23.0 Å². The van der Waals surface area contributed by atoms with Crippen LogP contribution in [0.2, 0.25) is 0 Å². The number of alkyl halides is 4. The number of hydrogen-bond acceptors (Lipinski definition) is 6. The Kier molecular flexibility index (Phi) is 9.59. The van der Waals surface area contributed by atoms with E-state index in [-0.39, 0.29) is 24.0 Å². The van der Waals surface area contributed by atoms with Gasteiger partial charge in [0.2, 0.25) is 5.91 Å². The Morgan fingerprint density at radius 2 is 1.89 bits per heavy atom. The van der Waals surface area contributed by atoms with Gasteiger partial charge in [-0.3, -0.25) is 4.79 Å². The van der Waals surface area contributed by atoms with E-state index in [2.05, 4.69) is 14.8 Å². The summed E-state index contributed by atoms with van der Waals surface area (Å²) in [7, 11) is 1.51. The van der Waals surface area contributed by atoms with E-state index in [1.807, 2.05) is 0 Å². The fraction of sp³-hybridized carbons (Fsp3) is 0.375. The first-order valence-corrected chi connectivity index (χ1v) is 10.7. The van der Waals surface area contributed by atoms with Gasteiger partial charge in [0, 0.05) is 30.9 Å². The third-order valence-corrected chi connectivity index (χ3v) is 4.98. The average Bonchev–Trinajstić information content (AvgIpc) is 3.34. The summed E-state index contributed by atoms with van der Waals surface area (Å²) in [5, 5.41) is 2.66. The zero-order chi connectivity index (χ0) is 25.2. The number of carbonyl (C=O) groups is 1. The first-order chi connectivity index (χ1) is 16.8. The van der Waals surface area contributed by atoms with Crippen molar-refractivity contribution in [1.29, 1.82) is 0 Å². The van der Waals surface area contributed by atoms with Crippen molar-refractivity contribution >= 4 is 12.0 Å². The maximum absolute atomic E-state index is 12.7. The van der Waals surface area contributed by atoms with Gasteiger partial charge in [0.15, 0.2) is 11.5 Å². The number of amides is 1. The van der Waals surface area contributed by atoms with Crippen molar-refractivity contribution in [2.75, 3.05) is 20.3 Å². The van der Waals surface area contributed by atoms with E-state index < -0.39 is 24.9 Å². The lowest BCUT2D eigenvalue weighted by atomic mass is 10.1. The molecule has 1 aliphatic rings. The van der Waals surface area contributed by atoms with Crippen molar-refractivity contribution in [3.63, 3.8) is 0 Å². The molecule has 3 rings (SSSR count). The molecule has 0 spiro atoms. The Morgan fingerprint density at radius 3 is 2.57 bits per heavy atom. The minimum atomic E-state index is -3.19. The predicted molar refractivity (Wildman–Crippen MR) is 118 cm³/mol. The maximum atomic E-state index is 12.7. The van der Waals surface area contributed by atoms with E-state index in [0.717, 1.165) is 43.2 Å². The fourth-order valence-corrected chi connectivity index (χ4v) is 3.34. The van der Waals surface area contributed by atoms with Gasteiger partial charge < -0.3 is 29.0 Å². The van der Waals surface area contributed by atoms with Crippen molar-refractivity contribution in [2.45, 2.75) is 38.7 Å². The van der Waals surface area contributed by atoms with Crippen LogP contribution in [0.1, 0.15) is 24.0 Å². The molecule has 1 atom stereocenters. The molecule has 1 unspecified atom stereocenters. The Balaban J connectivity index is 1.58. The lowest BCUT2D eigenvalue weighted by molar-refractivity contribution is -0.116. The summed E-state index contributed by atoms with van der Waals surface area (Å²) >= 11 is 0. The second-order valence-corrected chi connectivity index (χ2v) is 7.44. The van der Waals surface area contributed by atoms with Gasteiger partial charge in [-0.2, -0.15) is 17.6 Å². The van der Waals surface area contributed by atoms with E-state index in [0.29, 0.717) is 18.1 Å². The summed E-state index contributed by atoms with van der Waals surface area (Å²) in [5.41, 5.74) is 0.819. The standard InChI is InChI=1S/C24H25F4NO6/c1-31-21-11-15(4-8-19(21)33-14-18-3-2-10-32-18)13-29-22(30)9-6-16-5-7-17(34-23(25)26)12-20(16)35-24(27)28/h4-9,11-12,18,23-24H,2-3,10,13-14H2,1H3,(H,29,30)/b9-6+. The molecule has 0 aromatic heterocycles. The van der Waals surface area contributed by atoms with Gasteiger partial charge in [-0.15, -0.1) is 0 Å². The quantitative estimate of drug-likeness (QED) is 0.335. The number of hydrogen-bond donors (Lipinski definition) is 1. The molecule has 2 aromatic rings. The van der Waals surface area contributed by atoms with E-state index in [1.54, 1.807) is 18.2 Å². The second-order valence-electron chi connectivity index (χ2n) is 7.44. The maximum Gasteiger partial charge on any atom is 0.387 e. The predicted octanol–water partition coefficient (Wildman–Crippen LogP) is 4.79. The largest absolute Gasteiger partial charge is 0.493 e. The normalized spacial score (nSPS) is 15.6. The van der Waals surface area contributed by atoms with Crippen molar-refractivity contribution in [3.05, 3.63) is 53.6 Å². The van der Waals surface area contributed by atoms with Gasteiger partial charge >= 0.3 is 13.2 Å². The van der Waals surface area contributed by atoms with Crippen molar-refractivity contribution in [2.24, 2.45) is 0 Å². The molecule has 0 aliphatic carbocycles. The molecular weight excluding hydrogens is 474 g/mol. The second kappa shape index (κ2) is 12.8. The molecule has 1 N–H and O–H groups in total. The molecule has 0 saturated carbocycles. The smallest absolute Gasteiger partial charge is 0.387 e. The minimum Gasteiger partial charge on any atom is -0.493 e. The minimum absolute atomic E-state index is 0.0603. The lowest BCUT2D eigenvalue weighted by Crippen LogP contribution is -2.20. The molecule has 1 fully saturated rings. The van der Waals surface area contributed by atoms with E-state index in [4.69, 9.17) is 14.2 Å². The molecule has 190 valence electrons. The summed E-state index contributed by atoms with van der Waals surface area (Å²) in [6.45, 7) is -5.00. The molecule has 1 saturated heterocycles. The number of rotatable bonds is 12. The molecule has 35 heavy (non-hydrogen) atoms. The molecular formula is C24H25F4NO6. The fourth-order valence-electron chi connectivity index (χ4n) is 3.34. The highest BCUT2D eigenvalue weighted by molar-refractivity contribution is 5.92. The van der Waals surface area contributed by atoms with Crippen molar-refractivity contribution < 1.29 is 46.0 Å². The summed E-state index contributed by atoms with van der Waals surface area (Å²) in [4.78, 5) is 12.2. The first-order valence-electron chi connectivity index (χ1n) is 10.7. The van der Waals surface area contributed by atoms with Crippen LogP contribution in [0.4, 0.5) is 17.6 Å². The average molecular weight is 499 g/mol. The third kappa shape index (κ3) is 8.36. The molecule has 11 heteroatoms. The number of carbonyl (C=O) groups excluding carboxylic acids is 1. The molecule has 7 nitrogen and oxygen atoms in total. The van der Waals surface area contributed by atoms with Crippen LogP contribution in [-0.2, 0) is 16.1 Å². The topological polar surface area (TPSA) is 75.3 Å². The van der Waals surface area contributed by atoms with Gasteiger partial charge in [0.05, 0.1) is 13.2 Å². The van der Waals surface area contributed by atoms with Crippen LogP contribution in [-0.4, -0.2) is 45.6 Å². The number of nitrogens with one attached hydrogen (secondary N) is 1. The summed E-state index contributed by atoms with van der Waals surface area (Å²) in [5.74, 6) is -0.215. The molecule has 1 aliphatic heterocycles. The van der Waals surface area contributed by atoms with Gasteiger partial charge in [0.25, 0.3) is 0 Å². The van der Waals surface area contributed by atoms with Crippen LogP contribution >= 0.6 is 0 Å². The Hall–Kier alpha value is -3.47. The Bertz CT molecular complexity index is 1010. The number of ether oxygens (including phenoxy) is 5. The van der Waals surface area contributed by atoms with E-state index >= 15 is 0 Å². The van der Waals surface area contributed by atoms with Crippen LogP contribution in [0.3, 0.4) is 0 Å². The molecule has 0 radical (unpaired) electrons. The summed E-state index contributed by atoms with van der Waals surface area (Å²) in [6.07, 6.45) is 4.35. The van der Waals surface area contributed by atoms with Gasteiger partial charge in [-0.1, -0.05) is 6.07 Å². The molecule has 1 heterocycles. The summed E-state index contributed by atoms with van der Waals surface area (Å²) in [6, 6.07) is 8.50. The molecule has 2 aromatic carbocycles. The zero-order valence-electron chi connectivity index (χ0n) is 18.8. The number of benzene rings is 2. The Labute approximate surface area is 199 Å². The van der Waals surface area contributed by atoms with Crippen LogP contribution in [0, 0.1) is 0 Å². The number of methoxy groups -OCH3 is 1. The monoisotopic (exact) mass is 499 g/mol. The number of halogens is 4.